The van der Waals surface area contributed by atoms with Crippen LogP contribution in [0.5, 0.6) is 0 Å². The van der Waals surface area contributed by atoms with E-state index in [9.17, 15) is 19.8 Å². The molecule has 1 amide bonds. The van der Waals surface area contributed by atoms with Crippen LogP contribution in [0.1, 0.15) is 316 Å². The summed E-state index contributed by atoms with van der Waals surface area (Å²) in [5, 5.41) is 23.0. The second kappa shape index (κ2) is 56.7. The number of esters is 1. The molecule has 0 fully saturated rings. The van der Waals surface area contributed by atoms with Crippen molar-refractivity contribution in [1.82, 2.24) is 5.32 Å². The van der Waals surface area contributed by atoms with Gasteiger partial charge in [0.1, 0.15) is 0 Å². The number of rotatable bonds is 55. The molecular formula is C61H115NO5. The van der Waals surface area contributed by atoms with E-state index >= 15 is 0 Å². The van der Waals surface area contributed by atoms with Crippen LogP contribution in [0.4, 0.5) is 0 Å². The third kappa shape index (κ3) is 53.3. The lowest BCUT2D eigenvalue weighted by Gasteiger charge is -2.20. The van der Waals surface area contributed by atoms with E-state index in [1.807, 2.05) is 6.08 Å². The standard InChI is InChI=1S/C61H115NO5/c1-3-5-7-9-11-13-15-16-28-32-35-39-43-47-51-55-61(66)67-56-52-48-44-40-36-33-30-27-25-23-21-19-17-18-20-22-24-26-29-31-34-38-42-46-50-54-60(65)62-58(57-63)59(64)53-49-45-41-37-14-12-10-8-6-4-2/h11,13,16,28,49,53,58-59,63-64H,3-10,12,14-15,17-27,29-48,50-52,54-57H2,1-2H3,(H,62,65)/b13-11-,28-16-,53-49+. The molecule has 0 aromatic heterocycles. The highest BCUT2D eigenvalue weighted by atomic mass is 16.5. The van der Waals surface area contributed by atoms with E-state index in [1.54, 1.807) is 6.08 Å². The third-order valence-electron chi connectivity index (χ3n) is 13.7. The maximum absolute atomic E-state index is 12.4. The molecule has 0 radical (unpaired) electrons. The Morgan fingerprint density at radius 3 is 1.16 bits per heavy atom. The van der Waals surface area contributed by atoms with E-state index in [0.29, 0.717) is 19.4 Å². The zero-order valence-electron chi connectivity index (χ0n) is 44.9. The average molecular weight is 943 g/mol. The highest BCUT2D eigenvalue weighted by molar-refractivity contribution is 5.76. The van der Waals surface area contributed by atoms with E-state index in [4.69, 9.17) is 4.74 Å². The van der Waals surface area contributed by atoms with Gasteiger partial charge in [-0.25, -0.2) is 0 Å². The van der Waals surface area contributed by atoms with E-state index < -0.39 is 12.1 Å². The Morgan fingerprint density at radius 1 is 0.418 bits per heavy atom. The number of nitrogens with one attached hydrogen (secondary N) is 1. The monoisotopic (exact) mass is 942 g/mol. The molecule has 0 saturated carbocycles. The number of amides is 1. The van der Waals surface area contributed by atoms with Crippen molar-refractivity contribution in [2.45, 2.75) is 328 Å². The number of ether oxygens (including phenoxy) is 1. The highest BCUT2D eigenvalue weighted by Gasteiger charge is 2.18. The predicted molar refractivity (Wildman–Crippen MR) is 292 cm³/mol. The van der Waals surface area contributed by atoms with Crippen LogP contribution in [-0.4, -0.2) is 47.4 Å². The summed E-state index contributed by atoms with van der Waals surface area (Å²) in [6, 6.07) is -0.625. The number of unbranched alkanes of at least 4 members (excludes halogenated alkanes) is 40. The molecule has 0 bridgehead atoms. The smallest absolute Gasteiger partial charge is 0.305 e. The van der Waals surface area contributed by atoms with Crippen molar-refractivity contribution in [1.29, 1.82) is 0 Å². The van der Waals surface area contributed by atoms with Crippen LogP contribution < -0.4 is 5.32 Å². The first-order chi connectivity index (χ1) is 33.0. The van der Waals surface area contributed by atoms with Crippen molar-refractivity contribution in [3.8, 4) is 0 Å². The van der Waals surface area contributed by atoms with Gasteiger partial charge in [-0.1, -0.05) is 275 Å². The van der Waals surface area contributed by atoms with Gasteiger partial charge in [-0.15, -0.1) is 0 Å². The fourth-order valence-electron chi connectivity index (χ4n) is 9.08. The molecule has 2 atom stereocenters. The van der Waals surface area contributed by atoms with E-state index in [-0.39, 0.29) is 18.5 Å². The molecular weight excluding hydrogens is 827 g/mol. The van der Waals surface area contributed by atoms with Crippen LogP contribution >= 0.6 is 0 Å². The van der Waals surface area contributed by atoms with Gasteiger partial charge in [-0.05, 0) is 64.2 Å². The van der Waals surface area contributed by atoms with Gasteiger partial charge in [0, 0.05) is 12.8 Å². The highest BCUT2D eigenvalue weighted by Crippen LogP contribution is 2.17. The average Bonchev–Trinajstić information content (AvgIpc) is 3.33. The van der Waals surface area contributed by atoms with Gasteiger partial charge in [0.25, 0.3) is 0 Å². The Morgan fingerprint density at radius 2 is 0.746 bits per heavy atom. The fourth-order valence-corrected chi connectivity index (χ4v) is 9.08. The second-order valence-electron chi connectivity index (χ2n) is 20.3. The molecule has 0 rings (SSSR count). The Kier molecular flexibility index (Phi) is 55.0. The van der Waals surface area contributed by atoms with Gasteiger partial charge in [0.2, 0.25) is 5.91 Å². The molecule has 3 N–H and O–H groups in total. The van der Waals surface area contributed by atoms with Crippen molar-refractivity contribution in [3.05, 3.63) is 36.5 Å². The number of hydrogen-bond donors (Lipinski definition) is 3. The summed E-state index contributed by atoms with van der Waals surface area (Å²) in [6.07, 6.45) is 70.4. The van der Waals surface area contributed by atoms with E-state index in [2.05, 4.69) is 43.5 Å². The van der Waals surface area contributed by atoms with Gasteiger partial charge < -0.3 is 20.3 Å². The maximum Gasteiger partial charge on any atom is 0.305 e. The largest absolute Gasteiger partial charge is 0.466 e. The van der Waals surface area contributed by atoms with Crippen LogP contribution in [0, 0.1) is 0 Å². The van der Waals surface area contributed by atoms with Crippen molar-refractivity contribution in [2.75, 3.05) is 13.2 Å². The van der Waals surface area contributed by atoms with Gasteiger partial charge in [-0.2, -0.15) is 0 Å². The summed E-state index contributed by atoms with van der Waals surface area (Å²) in [4.78, 5) is 24.4. The Balaban J connectivity index is 3.36. The lowest BCUT2D eigenvalue weighted by Crippen LogP contribution is -2.45. The SMILES string of the molecule is CCCCC/C=C\C/C=C\CCCCCCCC(=O)OCCCCCCCCCCCCCCCCCCCCCCCCCCCC(=O)NC(CO)C(O)/C=C/CCCCCCCCCC. The molecule has 0 aromatic rings. The van der Waals surface area contributed by atoms with Gasteiger partial charge in [0.15, 0.2) is 0 Å². The first kappa shape index (κ1) is 65.1. The Bertz CT molecular complexity index is 1090. The van der Waals surface area contributed by atoms with Crippen molar-refractivity contribution < 1.29 is 24.5 Å². The number of allylic oxidation sites excluding steroid dienone is 5. The number of aliphatic hydroxyl groups excluding tert-OH is 2. The lowest BCUT2D eigenvalue weighted by molar-refractivity contribution is -0.143. The molecule has 6 nitrogen and oxygen atoms in total. The summed E-state index contributed by atoms with van der Waals surface area (Å²) in [5.41, 5.74) is 0. The van der Waals surface area contributed by atoms with Crippen LogP contribution in [-0.2, 0) is 14.3 Å². The molecule has 394 valence electrons. The minimum Gasteiger partial charge on any atom is -0.466 e. The molecule has 0 spiro atoms. The van der Waals surface area contributed by atoms with Crippen LogP contribution in [0.2, 0.25) is 0 Å². The molecule has 0 aromatic carbocycles. The lowest BCUT2D eigenvalue weighted by atomic mass is 10.0. The molecule has 67 heavy (non-hydrogen) atoms. The topological polar surface area (TPSA) is 95.9 Å². The van der Waals surface area contributed by atoms with Crippen LogP contribution in [0.15, 0.2) is 36.5 Å². The second-order valence-corrected chi connectivity index (χ2v) is 20.3. The first-order valence-corrected chi connectivity index (χ1v) is 29.8. The van der Waals surface area contributed by atoms with Gasteiger partial charge in [0.05, 0.1) is 25.4 Å². The van der Waals surface area contributed by atoms with Gasteiger partial charge >= 0.3 is 5.97 Å². The molecule has 6 heteroatoms. The Hall–Kier alpha value is -1.92. The van der Waals surface area contributed by atoms with Crippen LogP contribution in [0.3, 0.4) is 0 Å². The minimum atomic E-state index is -0.841. The molecule has 0 heterocycles. The summed E-state index contributed by atoms with van der Waals surface area (Å²) in [6.45, 7) is 4.86. The summed E-state index contributed by atoms with van der Waals surface area (Å²) < 4.78 is 5.48. The fraction of sp³-hybridized carbons (Fsp3) is 0.869. The molecule has 0 saturated heterocycles. The zero-order valence-corrected chi connectivity index (χ0v) is 44.9. The summed E-state index contributed by atoms with van der Waals surface area (Å²) in [5.74, 6) is -0.0664. The first-order valence-electron chi connectivity index (χ1n) is 29.8. The number of carbonyl (C=O) groups excluding carboxylic acids is 2. The Labute approximate surface area is 417 Å². The van der Waals surface area contributed by atoms with E-state index in [1.165, 1.54) is 238 Å². The van der Waals surface area contributed by atoms with Crippen molar-refractivity contribution >= 4 is 11.9 Å². The van der Waals surface area contributed by atoms with E-state index in [0.717, 1.165) is 51.4 Å². The quantitative estimate of drug-likeness (QED) is 0.0321. The van der Waals surface area contributed by atoms with Crippen molar-refractivity contribution in [2.24, 2.45) is 0 Å². The van der Waals surface area contributed by atoms with Crippen molar-refractivity contribution in [3.63, 3.8) is 0 Å². The van der Waals surface area contributed by atoms with Gasteiger partial charge in [-0.3, -0.25) is 9.59 Å². The summed E-state index contributed by atoms with van der Waals surface area (Å²) >= 11 is 0. The molecule has 2 unspecified atom stereocenters. The van der Waals surface area contributed by atoms with Crippen LogP contribution in [0.25, 0.3) is 0 Å². The third-order valence-corrected chi connectivity index (χ3v) is 13.7. The number of carbonyl (C=O) groups is 2. The molecule has 0 aliphatic carbocycles. The molecule has 0 aliphatic heterocycles. The normalized spacial score (nSPS) is 12.8. The maximum atomic E-state index is 12.4. The summed E-state index contributed by atoms with van der Waals surface area (Å²) in [7, 11) is 0. The number of aliphatic hydroxyl groups is 2. The number of hydrogen-bond acceptors (Lipinski definition) is 5. The zero-order chi connectivity index (χ0) is 48.6. The minimum absolute atomic E-state index is 0.00160. The predicted octanol–water partition coefficient (Wildman–Crippen LogP) is 18.4. The molecule has 0 aliphatic rings.